The summed E-state index contributed by atoms with van der Waals surface area (Å²) in [6.45, 7) is 5.91. The van der Waals surface area contributed by atoms with Crippen LogP contribution in [0.5, 0.6) is 17.2 Å². The molecule has 10 nitrogen and oxygen atoms in total. The summed E-state index contributed by atoms with van der Waals surface area (Å²) in [5.41, 5.74) is 9.91. The van der Waals surface area contributed by atoms with E-state index in [4.69, 9.17) is 18.9 Å². The highest BCUT2D eigenvalue weighted by atomic mass is 16.6. The lowest BCUT2D eigenvalue weighted by Gasteiger charge is -2.25. The monoisotopic (exact) mass is 844 g/mol. The summed E-state index contributed by atoms with van der Waals surface area (Å²) in [4.78, 5) is 31.9. The Kier molecular flexibility index (Phi) is 14.4. The van der Waals surface area contributed by atoms with Crippen LogP contribution in [-0.2, 0) is 14.3 Å². The van der Waals surface area contributed by atoms with Crippen LogP contribution in [0.1, 0.15) is 88.7 Å². The van der Waals surface area contributed by atoms with Crippen LogP contribution in [-0.4, -0.2) is 51.4 Å². The summed E-state index contributed by atoms with van der Waals surface area (Å²) in [7, 11) is 3.12. The third-order valence-corrected chi connectivity index (χ3v) is 11.5. The van der Waals surface area contributed by atoms with Crippen molar-refractivity contribution in [2.24, 2.45) is 4.99 Å². The first-order valence-corrected chi connectivity index (χ1v) is 21.4. The summed E-state index contributed by atoms with van der Waals surface area (Å²) in [5, 5.41) is 19.8. The predicted molar refractivity (Wildman–Crippen MR) is 244 cm³/mol. The SMILES string of the molecule is CCCCC(NC(=O)COc1ccc(C(N=C([O-])OCC2c3ccccc3-c3ccccc32)c2ccc(OC)cc2OC)cc1)C(=O)NC(c1ccc(C)cc1)c1ccc(C)cc1. The topological polar surface area (TPSA) is 131 Å². The van der Waals surface area contributed by atoms with Crippen molar-refractivity contribution in [3.63, 3.8) is 0 Å². The van der Waals surface area contributed by atoms with Gasteiger partial charge >= 0.3 is 0 Å². The molecule has 7 rings (SSSR count). The number of aryl methyl sites for hydroxylation is 2. The molecular weight excluding hydrogens is 791 g/mol. The van der Waals surface area contributed by atoms with Gasteiger partial charge in [-0.3, -0.25) is 14.6 Å². The number of carbonyl (C=O) groups is 2. The van der Waals surface area contributed by atoms with E-state index in [1.807, 2.05) is 99.6 Å². The molecule has 10 heteroatoms. The zero-order chi connectivity index (χ0) is 44.3. The van der Waals surface area contributed by atoms with Gasteiger partial charge in [-0.05, 0) is 83.5 Å². The number of aliphatic imine (C=N–C) groups is 1. The Morgan fingerprint density at radius 3 is 1.84 bits per heavy atom. The van der Waals surface area contributed by atoms with Gasteiger partial charge in [-0.2, -0.15) is 0 Å². The Morgan fingerprint density at radius 2 is 1.27 bits per heavy atom. The molecule has 0 bridgehead atoms. The van der Waals surface area contributed by atoms with Crippen molar-refractivity contribution in [2.45, 2.75) is 64.1 Å². The van der Waals surface area contributed by atoms with E-state index in [1.54, 1.807) is 50.6 Å². The molecule has 63 heavy (non-hydrogen) atoms. The minimum Gasteiger partial charge on any atom is -0.599 e. The second-order valence-corrected chi connectivity index (χ2v) is 15.8. The lowest BCUT2D eigenvalue weighted by molar-refractivity contribution is -0.251. The second kappa shape index (κ2) is 20.7. The van der Waals surface area contributed by atoms with Crippen LogP contribution < -0.4 is 30.0 Å². The summed E-state index contributed by atoms with van der Waals surface area (Å²) >= 11 is 0. The van der Waals surface area contributed by atoms with Gasteiger partial charge in [0.15, 0.2) is 6.61 Å². The van der Waals surface area contributed by atoms with E-state index in [1.165, 1.54) is 0 Å². The van der Waals surface area contributed by atoms with Gasteiger partial charge in [0.2, 0.25) is 5.91 Å². The molecule has 2 atom stereocenters. The van der Waals surface area contributed by atoms with E-state index in [0.717, 1.165) is 57.3 Å². The number of fused-ring (bicyclic) bond motifs is 3. The normalized spacial score (nSPS) is 13.1. The van der Waals surface area contributed by atoms with Gasteiger partial charge in [-0.1, -0.05) is 140 Å². The number of rotatable bonds is 18. The van der Waals surface area contributed by atoms with Crippen LogP contribution >= 0.6 is 0 Å². The Bertz CT molecular complexity index is 2430. The molecule has 0 saturated heterocycles. The highest BCUT2D eigenvalue weighted by Gasteiger charge is 2.28. The lowest BCUT2D eigenvalue weighted by Crippen LogP contribution is -2.49. The molecule has 0 spiro atoms. The molecule has 0 fully saturated rings. The van der Waals surface area contributed by atoms with Gasteiger partial charge in [-0.25, -0.2) is 0 Å². The molecule has 0 aromatic heterocycles. The van der Waals surface area contributed by atoms with Crippen LogP contribution in [0.25, 0.3) is 11.1 Å². The quantitative estimate of drug-likeness (QED) is 0.0653. The number of hydrogen-bond acceptors (Lipinski definition) is 8. The number of amides is 2. The highest BCUT2D eigenvalue weighted by molar-refractivity contribution is 5.88. The third-order valence-electron chi connectivity index (χ3n) is 11.5. The van der Waals surface area contributed by atoms with Gasteiger partial charge in [0, 0.05) is 24.2 Å². The number of hydrogen-bond donors (Lipinski definition) is 2. The molecule has 1 aliphatic rings. The van der Waals surface area contributed by atoms with Gasteiger partial charge in [0.05, 0.1) is 20.3 Å². The summed E-state index contributed by atoms with van der Waals surface area (Å²) in [5.74, 6) is 0.672. The largest absolute Gasteiger partial charge is 0.599 e. The third kappa shape index (κ3) is 10.7. The molecule has 2 N–H and O–H groups in total. The van der Waals surface area contributed by atoms with Crippen LogP contribution in [0.15, 0.2) is 145 Å². The van der Waals surface area contributed by atoms with Crippen molar-refractivity contribution in [2.75, 3.05) is 27.4 Å². The van der Waals surface area contributed by atoms with Crippen molar-refractivity contribution in [3.05, 3.63) is 184 Å². The lowest BCUT2D eigenvalue weighted by atomic mass is 9.96. The molecule has 0 aliphatic heterocycles. The molecule has 6 aromatic carbocycles. The standard InChI is InChI=1S/C53H55N3O7/c1-6-7-16-47(52(58)55-50(36-21-17-34(2)18-22-36)37-23-19-35(3)20-24-37)54-49(57)33-62-39-27-25-38(26-28-39)51(45-30-29-40(60-4)31-48(45)61-5)56-53(59)63-32-46-43-14-10-8-12-41(43)42-13-9-11-15-44(42)46/h8-15,17-31,46-47,50-51H,6-7,16,32-33H2,1-5H3,(H,54,57)(H,55,58)(H,56,59)/p-1. The maximum Gasteiger partial charge on any atom is 0.258 e. The van der Waals surface area contributed by atoms with Crippen LogP contribution in [0.2, 0.25) is 0 Å². The Balaban J connectivity index is 1.05. The fourth-order valence-electron chi connectivity index (χ4n) is 8.03. The Hall–Kier alpha value is -7.07. The zero-order valence-electron chi connectivity index (χ0n) is 36.4. The van der Waals surface area contributed by atoms with Gasteiger partial charge in [-0.15, -0.1) is 0 Å². The first-order valence-electron chi connectivity index (χ1n) is 21.4. The number of carbonyl (C=O) groups excluding carboxylic acids is 2. The predicted octanol–water partition coefficient (Wildman–Crippen LogP) is 8.92. The number of nitrogens with zero attached hydrogens (tertiary/aromatic N) is 1. The van der Waals surface area contributed by atoms with Crippen LogP contribution in [0.3, 0.4) is 0 Å². The number of methoxy groups -OCH3 is 2. The Morgan fingerprint density at radius 1 is 0.698 bits per heavy atom. The first-order chi connectivity index (χ1) is 30.6. The van der Waals surface area contributed by atoms with Crippen molar-refractivity contribution in [3.8, 4) is 28.4 Å². The first kappa shape index (κ1) is 44.0. The molecule has 2 unspecified atom stereocenters. The van der Waals surface area contributed by atoms with E-state index in [9.17, 15) is 14.7 Å². The number of ether oxygens (including phenoxy) is 4. The number of unbranched alkanes of at least 4 members (excludes halogenated alkanes) is 1. The molecule has 0 saturated carbocycles. The van der Waals surface area contributed by atoms with Gasteiger partial charge in [0.1, 0.15) is 35.4 Å². The average molecular weight is 845 g/mol. The molecule has 2 amide bonds. The van der Waals surface area contributed by atoms with Crippen molar-refractivity contribution < 1.29 is 33.6 Å². The van der Waals surface area contributed by atoms with E-state index in [-0.39, 0.29) is 25.0 Å². The van der Waals surface area contributed by atoms with E-state index in [0.29, 0.717) is 34.8 Å². The summed E-state index contributed by atoms with van der Waals surface area (Å²) < 4.78 is 23.0. The second-order valence-electron chi connectivity index (χ2n) is 15.8. The van der Waals surface area contributed by atoms with Crippen LogP contribution in [0.4, 0.5) is 0 Å². The summed E-state index contributed by atoms with van der Waals surface area (Å²) in [6, 6.07) is 42.9. The molecule has 6 aromatic rings. The molecular formula is C53H54N3O7-. The minimum atomic E-state index is -0.805. The van der Waals surface area contributed by atoms with E-state index < -0.39 is 30.1 Å². The maximum absolute atomic E-state index is 13.9. The number of benzene rings is 6. The van der Waals surface area contributed by atoms with Crippen molar-refractivity contribution in [1.82, 2.24) is 10.6 Å². The zero-order valence-corrected chi connectivity index (χ0v) is 36.4. The smallest absolute Gasteiger partial charge is 0.258 e. The van der Waals surface area contributed by atoms with E-state index in [2.05, 4.69) is 39.9 Å². The molecule has 0 heterocycles. The molecule has 0 radical (unpaired) electrons. The van der Waals surface area contributed by atoms with Gasteiger partial charge < -0.3 is 34.7 Å². The maximum atomic E-state index is 13.9. The Labute approximate surface area is 369 Å². The molecule has 324 valence electrons. The number of nitrogens with one attached hydrogen (secondary N) is 2. The van der Waals surface area contributed by atoms with Crippen molar-refractivity contribution >= 4 is 17.9 Å². The van der Waals surface area contributed by atoms with E-state index >= 15 is 0 Å². The highest BCUT2D eigenvalue weighted by Crippen LogP contribution is 2.44. The van der Waals surface area contributed by atoms with Gasteiger partial charge in [0.25, 0.3) is 5.91 Å². The fourth-order valence-corrected chi connectivity index (χ4v) is 8.03. The molecule has 1 aliphatic carbocycles. The average Bonchev–Trinajstić information content (AvgIpc) is 3.63. The summed E-state index contributed by atoms with van der Waals surface area (Å²) in [6.07, 6.45) is 1.36. The minimum absolute atomic E-state index is 0.121. The van der Waals surface area contributed by atoms with Crippen LogP contribution in [0, 0.1) is 13.8 Å². The van der Waals surface area contributed by atoms with Crippen molar-refractivity contribution in [1.29, 1.82) is 0 Å². The fraction of sp³-hybridized carbons (Fsp3) is 0.264.